The highest BCUT2D eigenvalue weighted by Gasteiger charge is 2.12. The minimum atomic E-state index is 0.218. The maximum absolute atomic E-state index is 6.32. The van der Waals surface area contributed by atoms with Crippen molar-refractivity contribution in [3.8, 4) is 0 Å². The van der Waals surface area contributed by atoms with Crippen LogP contribution in [0.15, 0.2) is 47.4 Å². The van der Waals surface area contributed by atoms with Crippen LogP contribution in [-0.4, -0.2) is 11.8 Å². The van der Waals surface area contributed by atoms with E-state index in [0.717, 1.165) is 12.2 Å². The van der Waals surface area contributed by atoms with Gasteiger partial charge in [-0.1, -0.05) is 35.9 Å². The summed E-state index contributed by atoms with van der Waals surface area (Å²) in [5, 5.41) is 0. The van der Waals surface area contributed by atoms with Crippen molar-refractivity contribution < 1.29 is 0 Å². The van der Waals surface area contributed by atoms with Crippen LogP contribution in [0.5, 0.6) is 0 Å². The third kappa shape index (κ3) is 3.90. The number of hydrogen-bond donors (Lipinski definition) is 1. The van der Waals surface area contributed by atoms with Crippen LogP contribution in [0.4, 0.5) is 0 Å². The molecule has 0 fully saturated rings. The molecular formula is C19H23NS. The molecule has 2 N–H and O–H groups in total. The van der Waals surface area contributed by atoms with Crippen molar-refractivity contribution in [2.24, 2.45) is 5.73 Å². The van der Waals surface area contributed by atoms with Crippen molar-refractivity contribution in [3.05, 3.63) is 64.7 Å². The van der Waals surface area contributed by atoms with Gasteiger partial charge in [0.1, 0.15) is 0 Å². The Hall–Kier alpha value is -1.25. The molecule has 110 valence electrons. The van der Waals surface area contributed by atoms with Crippen molar-refractivity contribution in [3.63, 3.8) is 0 Å². The minimum Gasteiger partial charge on any atom is -0.327 e. The van der Waals surface area contributed by atoms with Crippen LogP contribution in [0, 0.1) is 6.92 Å². The van der Waals surface area contributed by atoms with Crippen molar-refractivity contribution >= 4 is 11.8 Å². The predicted octanol–water partition coefficient (Wildman–Crippen LogP) is 4.15. The Morgan fingerprint density at radius 1 is 1.10 bits per heavy atom. The van der Waals surface area contributed by atoms with Gasteiger partial charge in [-0.3, -0.25) is 0 Å². The minimum absolute atomic E-state index is 0.218. The molecule has 1 aliphatic rings. The molecule has 1 nitrogen and oxygen atoms in total. The molecule has 1 unspecified atom stereocenters. The second-order valence-corrected chi connectivity index (χ2v) is 7.14. The third-order valence-electron chi connectivity index (χ3n) is 4.11. The summed E-state index contributed by atoms with van der Waals surface area (Å²) in [5.74, 6) is 0.973. The number of fused-ring (bicyclic) bond motifs is 1. The first-order chi connectivity index (χ1) is 10.2. The molecule has 0 heterocycles. The zero-order valence-corrected chi connectivity index (χ0v) is 13.5. The summed E-state index contributed by atoms with van der Waals surface area (Å²) in [5.41, 5.74) is 12.1. The van der Waals surface area contributed by atoms with Crippen LogP contribution in [-0.2, 0) is 19.3 Å². The molecule has 0 saturated carbocycles. The quantitative estimate of drug-likeness (QED) is 0.839. The summed E-state index contributed by atoms with van der Waals surface area (Å²) in [6.45, 7) is 2.13. The van der Waals surface area contributed by atoms with Crippen LogP contribution >= 0.6 is 11.8 Å². The Labute approximate surface area is 132 Å². The monoisotopic (exact) mass is 297 g/mol. The van der Waals surface area contributed by atoms with Gasteiger partial charge < -0.3 is 5.73 Å². The molecule has 0 spiro atoms. The molecule has 0 radical (unpaired) electrons. The molecule has 1 atom stereocenters. The highest BCUT2D eigenvalue weighted by Crippen LogP contribution is 2.24. The molecule has 0 aromatic heterocycles. The smallest absolute Gasteiger partial charge is 0.0174 e. The lowest BCUT2D eigenvalue weighted by molar-refractivity contribution is 0.748. The van der Waals surface area contributed by atoms with E-state index in [4.69, 9.17) is 5.73 Å². The fraction of sp³-hybridized carbons (Fsp3) is 0.368. The third-order valence-corrected chi connectivity index (χ3v) is 5.30. The number of benzene rings is 2. The van der Waals surface area contributed by atoms with Crippen molar-refractivity contribution in [2.45, 2.75) is 43.5 Å². The Morgan fingerprint density at radius 2 is 1.95 bits per heavy atom. The van der Waals surface area contributed by atoms with Gasteiger partial charge in [-0.2, -0.15) is 0 Å². The van der Waals surface area contributed by atoms with E-state index in [1.807, 2.05) is 11.8 Å². The Bertz CT molecular complexity index is 621. The average molecular weight is 297 g/mol. The zero-order chi connectivity index (χ0) is 14.7. The van der Waals surface area contributed by atoms with E-state index < -0.39 is 0 Å². The summed E-state index contributed by atoms with van der Waals surface area (Å²) in [6, 6.07) is 15.8. The molecule has 1 aliphatic carbocycles. The number of rotatable bonds is 5. The lowest BCUT2D eigenvalue weighted by atomic mass is 10.0. The molecule has 2 aromatic carbocycles. The first kappa shape index (κ1) is 14.7. The molecule has 0 bridgehead atoms. The van der Waals surface area contributed by atoms with E-state index in [9.17, 15) is 0 Å². The fourth-order valence-electron chi connectivity index (χ4n) is 3.02. The summed E-state index contributed by atoms with van der Waals surface area (Å²) < 4.78 is 0. The molecular weight excluding hydrogens is 274 g/mol. The van der Waals surface area contributed by atoms with Crippen molar-refractivity contribution in [1.82, 2.24) is 0 Å². The molecule has 0 amide bonds. The Balaban J connectivity index is 1.55. The predicted molar refractivity (Wildman–Crippen MR) is 92.0 cm³/mol. The molecule has 2 aromatic rings. The van der Waals surface area contributed by atoms with Gasteiger partial charge in [0.05, 0.1) is 0 Å². The van der Waals surface area contributed by atoms with E-state index >= 15 is 0 Å². The second-order valence-electron chi connectivity index (χ2n) is 6.05. The first-order valence-electron chi connectivity index (χ1n) is 7.76. The fourth-order valence-corrected chi connectivity index (χ4v) is 3.99. The lowest BCUT2D eigenvalue weighted by Crippen LogP contribution is -2.25. The number of thioether (sulfide) groups is 1. The van der Waals surface area contributed by atoms with Gasteiger partial charge in [-0.15, -0.1) is 11.8 Å². The van der Waals surface area contributed by atoms with Gasteiger partial charge in [0.15, 0.2) is 0 Å². The largest absolute Gasteiger partial charge is 0.327 e. The summed E-state index contributed by atoms with van der Waals surface area (Å²) in [6.07, 6.45) is 4.79. The zero-order valence-electron chi connectivity index (χ0n) is 12.6. The topological polar surface area (TPSA) is 26.0 Å². The van der Waals surface area contributed by atoms with E-state index in [0.29, 0.717) is 0 Å². The van der Waals surface area contributed by atoms with Crippen LogP contribution < -0.4 is 5.73 Å². The average Bonchev–Trinajstić information content (AvgIpc) is 2.93. The van der Waals surface area contributed by atoms with Crippen molar-refractivity contribution in [2.75, 3.05) is 5.75 Å². The van der Waals surface area contributed by atoms with Gasteiger partial charge in [0.2, 0.25) is 0 Å². The van der Waals surface area contributed by atoms with Gasteiger partial charge >= 0.3 is 0 Å². The Morgan fingerprint density at radius 3 is 2.81 bits per heavy atom. The highest BCUT2D eigenvalue weighted by atomic mass is 32.2. The summed E-state index contributed by atoms with van der Waals surface area (Å²) >= 11 is 1.86. The van der Waals surface area contributed by atoms with Crippen LogP contribution in [0.3, 0.4) is 0 Å². The van der Waals surface area contributed by atoms with Gasteiger partial charge in [0.25, 0.3) is 0 Å². The molecule has 0 aliphatic heterocycles. The SMILES string of the molecule is Cc1cccc(SCC(N)Cc2ccc3c(c2)CCC3)c1. The van der Waals surface area contributed by atoms with Crippen LogP contribution in [0.25, 0.3) is 0 Å². The van der Waals surface area contributed by atoms with Gasteiger partial charge in [-0.05, 0) is 61.4 Å². The molecule has 3 rings (SSSR count). The maximum atomic E-state index is 6.32. The van der Waals surface area contributed by atoms with Crippen LogP contribution in [0.2, 0.25) is 0 Å². The van der Waals surface area contributed by atoms with Crippen LogP contribution in [0.1, 0.15) is 28.7 Å². The van der Waals surface area contributed by atoms with Crippen molar-refractivity contribution in [1.29, 1.82) is 0 Å². The van der Waals surface area contributed by atoms with Gasteiger partial charge in [-0.25, -0.2) is 0 Å². The molecule has 21 heavy (non-hydrogen) atoms. The molecule has 0 saturated heterocycles. The summed E-state index contributed by atoms with van der Waals surface area (Å²) in [7, 11) is 0. The Kier molecular flexibility index (Phi) is 4.67. The highest BCUT2D eigenvalue weighted by molar-refractivity contribution is 7.99. The standard InChI is InChI=1S/C19H23NS/c1-14-4-2-7-19(10-14)21-13-18(20)12-15-8-9-16-5-3-6-17(16)11-15/h2,4,7-11,18H,3,5-6,12-13,20H2,1H3. The number of aryl methyl sites for hydroxylation is 3. The lowest BCUT2D eigenvalue weighted by Gasteiger charge is -2.12. The number of hydrogen-bond acceptors (Lipinski definition) is 2. The van der Waals surface area contributed by atoms with E-state index in [-0.39, 0.29) is 6.04 Å². The van der Waals surface area contributed by atoms with E-state index in [1.165, 1.54) is 35.3 Å². The maximum Gasteiger partial charge on any atom is 0.0174 e. The first-order valence-corrected chi connectivity index (χ1v) is 8.75. The molecule has 2 heteroatoms. The summed E-state index contributed by atoms with van der Waals surface area (Å²) in [4.78, 5) is 1.32. The second kappa shape index (κ2) is 6.67. The normalized spacial score (nSPS) is 15.0. The number of nitrogens with two attached hydrogens (primary N) is 1. The van der Waals surface area contributed by atoms with E-state index in [2.05, 4.69) is 49.4 Å². The van der Waals surface area contributed by atoms with E-state index in [1.54, 1.807) is 11.1 Å². The van der Waals surface area contributed by atoms with Gasteiger partial charge in [0, 0.05) is 16.7 Å².